The Balaban J connectivity index is 1.76. The van der Waals surface area contributed by atoms with Crippen molar-refractivity contribution in [3.05, 3.63) is 28.3 Å². The Morgan fingerprint density at radius 2 is 2.24 bits per heavy atom. The van der Waals surface area contributed by atoms with Gasteiger partial charge in [-0.2, -0.15) is 0 Å². The molecule has 3 heteroatoms. The van der Waals surface area contributed by atoms with Crippen molar-refractivity contribution in [2.75, 3.05) is 13.7 Å². The normalized spacial score (nSPS) is 25.7. The van der Waals surface area contributed by atoms with E-state index >= 15 is 0 Å². The molecule has 2 nitrogen and oxygen atoms in total. The van der Waals surface area contributed by atoms with Crippen LogP contribution < -0.4 is 10.1 Å². The molecule has 3 rings (SSSR count). The molecular weight excluding hydrogens is 282 g/mol. The van der Waals surface area contributed by atoms with Crippen molar-refractivity contribution in [3.63, 3.8) is 0 Å². The van der Waals surface area contributed by atoms with E-state index in [0.29, 0.717) is 6.04 Å². The predicted molar refractivity (Wildman–Crippen MR) is 88.3 cm³/mol. The molecule has 1 N–H and O–H groups in total. The quantitative estimate of drug-likeness (QED) is 0.879. The Bertz CT molecular complexity index is 502. The summed E-state index contributed by atoms with van der Waals surface area (Å²) in [4.78, 5) is 0. The molecule has 0 spiro atoms. The fraction of sp³-hybridized carbons (Fsp3) is 0.667. The van der Waals surface area contributed by atoms with Crippen LogP contribution in [-0.2, 0) is 12.8 Å². The summed E-state index contributed by atoms with van der Waals surface area (Å²) in [6, 6.07) is 4.69. The third-order valence-electron chi connectivity index (χ3n) is 5.36. The van der Waals surface area contributed by atoms with Crippen molar-refractivity contribution in [1.82, 2.24) is 5.32 Å². The summed E-state index contributed by atoms with van der Waals surface area (Å²) in [5.74, 6) is 2.81. The Hall–Kier alpha value is -0.730. The summed E-state index contributed by atoms with van der Waals surface area (Å²) in [5.41, 5.74) is 2.57. The Kier molecular flexibility index (Phi) is 4.75. The van der Waals surface area contributed by atoms with E-state index in [-0.39, 0.29) is 0 Å². The van der Waals surface area contributed by atoms with Crippen molar-refractivity contribution < 1.29 is 4.74 Å². The lowest BCUT2D eigenvalue weighted by molar-refractivity contribution is 0.338. The smallest absolute Gasteiger partial charge is 0.125 e. The number of hydrogen-bond donors (Lipinski definition) is 1. The molecule has 0 amide bonds. The van der Waals surface area contributed by atoms with E-state index in [1.165, 1.54) is 36.8 Å². The monoisotopic (exact) mass is 307 g/mol. The lowest BCUT2D eigenvalue weighted by Gasteiger charge is -2.24. The zero-order chi connectivity index (χ0) is 14.8. The van der Waals surface area contributed by atoms with Gasteiger partial charge in [-0.1, -0.05) is 31.4 Å². The van der Waals surface area contributed by atoms with Gasteiger partial charge in [-0.25, -0.2) is 0 Å². The first-order valence-corrected chi connectivity index (χ1v) is 8.70. The molecule has 1 aromatic rings. The van der Waals surface area contributed by atoms with Crippen molar-refractivity contribution in [2.24, 2.45) is 11.8 Å². The highest BCUT2D eigenvalue weighted by Gasteiger charge is 2.30. The standard InChI is InChI=1S/C18H26ClNO/c1-3-12-4-5-13(8-12)17(20-2)11-15-10-16(19)9-14-6-7-21-18(14)15/h9-10,12-13,17,20H,3-8,11H2,1-2H3. The van der Waals surface area contributed by atoms with E-state index in [1.807, 2.05) is 0 Å². The van der Waals surface area contributed by atoms with Gasteiger partial charge in [0.15, 0.2) is 0 Å². The average Bonchev–Trinajstić information content (AvgIpc) is 3.12. The maximum atomic E-state index is 6.28. The molecule has 1 aliphatic heterocycles. The van der Waals surface area contributed by atoms with E-state index in [1.54, 1.807) is 0 Å². The van der Waals surface area contributed by atoms with Crippen molar-refractivity contribution in [1.29, 1.82) is 0 Å². The third-order valence-corrected chi connectivity index (χ3v) is 5.58. The highest BCUT2D eigenvalue weighted by Crippen LogP contribution is 2.38. The van der Waals surface area contributed by atoms with Crippen molar-refractivity contribution in [3.8, 4) is 5.75 Å². The lowest BCUT2D eigenvalue weighted by Crippen LogP contribution is -2.34. The molecule has 116 valence electrons. The molecule has 0 saturated heterocycles. The van der Waals surface area contributed by atoms with Crippen LogP contribution >= 0.6 is 11.6 Å². The summed E-state index contributed by atoms with van der Waals surface area (Å²) < 4.78 is 5.85. The first-order chi connectivity index (χ1) is 10.2. The molecule has 0 aromatic heterocycles. The van der Waals surface area contributed by atoms with Crippen LogP contribution in [-0.4, -0.2) is 19.7 Å². The summed E-state index contributed by atoms with van der Waals surface area (Å²) in [6.45, 7) is 3.12. The molecule has 3 atom stereocenters. The van der Waals surface area contributed by atoms with Crippen LogP contribution in [0.2, 0.25) is 5.02 Å². The van der Waals surface area contributed by atoms with Gasteiger partial charge in [-0.3, -0.25) is 0 Å². The summed E-state index contributed by atoms with van der Waals surface area (Å²) in [7, 11) is 2.09. The first kappa shape index (κ1) is 15.2. The van der Waals surface area contributed by atoms with E-state index in [9.17, 15) is 0 Å². The zero-order valence-corrected chi connectivity index (χ0v) is 13.9. The van der Waals surface area contributed by atoms with Gasteiger partial charge in [0, 0.05) is 17.5 Å². The second-order valence-electron chi connectivity index (χ2n) is 6.60. The number of nitrogens with one attached hydrogen (secondary N) is 1. The van der Waals surface area contributed by atoms with Crippen LogP contribution in [0.3, 0.4) is 0 Å². The summed E-state index contributed by atoms with van der Waals surface area (Å²) in [6.07, 6.45) is 7.46. The fourth-order valence-corrected chi connectivity index (χ4v) is 4.35. The van der Waals surface area contributed by atoms with Crippen LogP contribution in [0.5, 0.6) is 5.75 Å². The number of halogens is 1. The SMILES string of the molecule is CCC1CCC(C(Cc2cc(Cl)cc3c2OCC3)NC)C1. The van der Waals surface area contributed by atoms with Crippen LogP contribution in [0.15, 0.2) is 12.1 Å². The zero-order valence-electron chi connectivity index (χ0n) is 13.1. The Labute approximate surface area is 133 Å². The Morgan fingerprint density at radius 3 is 2.95 bits per heavy atom. The predicted octanol–water partition coefficient (Wildman–Crippen LogP) is 4.23. The van der Waals surface area contributed by atoms with Gasteiger partial charge in [-0.15, -0.1) is 0 Å². The minimum Gasteiger partial charge on any atom is -0.493 e. The summed E-state index contributed by atoms with van der Waals surface area (Å²) in [5, 5.41) is 4.40. The van der Waals surface area contributed by atoms with Gasteiger partial charge in [0.05, 0.1) is 6.61 Å². The van der Waals surface area contributed by atoms with Crippen LogP contribution in [0.4, 0.5) is 0 Å². The van der Waals surface area contributed by atoms with Crippen LogP contribution in [0.25, 0.3) is 0 Å². The molecule has 1 heterocycles. The van der Waals surface area contributed by atoms with Gasteiger partial charge in [0.2, 0.25) is 0 Å². The van der Waals surface area contributed by atoms with E-state index in [4.69, 9.17) is 16.3 Å². The largest absolute Gasteiger partial charge is 0.493 e. The molecular formula is C18H26ClNO. The minimum absolute atomic E-state index is 0.535. The minimum atomic E-state index is 0.535. The van der Waals surface area contributed by atoms with Gasteiger partial charge in [-0.05, 0) is 61.4 Å². The van der Waals surface area contributed by atoms with Gasteiger partial charge >= 0.3 is 0 Å². The molecule has 1 aromatic carbocycles. The molecule has 1 fully saturated rings. The van der Waals surface area contributed by atoms with E-state index < -0.39 is 0 Å². The molecule has 21 heavy (non-hydrogen) atoms. The number of likely N-dealkylation sites (N-methyl/N-ethyl adjacent to an activating group) is 1. The van der Waals surface area contributed by atoms with E-state index in [0.717, 1.165) is 42.1 Å². The maximum absolute atomic E-state index is 6.28. The fourth-order valence-electron chi connectivity index (χ4n) is 4.09. The Morgan fingerprint density at radius 1 is 1.38 bits per heavy atom. The highest BCUT2D eigenvalue weighted by atomic mass is 35.5. The van der Waals surface area contributed by atoms with Crippen LogP contribution in [0, 0.1) is 11.8 Å². The average molecular weight is 308 g/mol. The van der Waals surface area contributed by atoms with Crippen LogP contribution in [0.1, 0.15) is 43.7 Å². The molecule has 3 unspecified atom stereocenters. The van der Waals surface area contributed by atoms with Crippen molar-refractivity contribution in [2.45, 2.75) is 51.5 Å². The number of ether oxygens (including phenoxy) is 1. The maximum Gasteiger partial charge on any atom is 0.125 e. The molecule has 1 aliphatic carbocycles. The summed E-state index contributed by atoms with van der Waals surface area (Å²) >= 11 is 6.28. The first-order valence-electron chi connectivity index (χ1n) is 8.32. The second-order valence-corrected chi connectivity index (χ2v) is 7.03. The van der Waals surface area contributed by atoms with Gasteiger partial charge in [0.25, 0.3) is 0 Å². The number of rotatable bonds is 5. The molecule has 0 bridgehead atoms. The highest BCUT2D eigenvalue weighted by molar-refractivity contribution is 6.30. The van der Waals surface area contributed by atoms with Gasteiger partial charge in [0.1, 0.15) is 5.75 Å². The number of benzene rings is 1. The third kappa shape index (κ3) is 3.22. The lowest BCUT2D eigenvalue weighted by atomic mass is 9.90. The molecule has 2 aliphatic rings. The molecule has 0 radical (unpaired) electrons. The number of hydrogen-bond acceptors (Lipinski definition) is 2. The van der Waals surface area contributed by atoms with Crippen molar-refractivity contribution >= 4 is 11.6 Å². The number of fused-ring (bicyclic) bond motifs is 1. The topological polar surface area (TPSA) is 21.3 Å². The van der Waals surface area contributed by atoms with E-state index in [2.05, 4.69) is 31.4 Å². The second kappa shape index (κ2) is 6.58. The molecule has 1 saturated carbocycles. The van der Waals surface area contributed by atoms with Gasteiger partial charge < -0.3 is 10.1 Å².